The first-order valence-electron chi connectivity index (χ1n) is 7.25. The van der Waals surface area contributed by atoms with Crippen molar-refractivity contribution >= 4 is 5.91 Å². The highest BCUT2D eigenvalue weighted by molar-refractivity contribution is 5.81. The highest BCUT2D eigenvalue weighted by Gasteiger charge is 2.23. The fraction of sp³-hybridized carbons (Fsp3) is 0.471. The molecule has 20 heavy (non-hydrogen) atoms. The molecule has 0 bridgehead atoms. The van der Waals surface area contributed by atoms with Gasteiger partial charge < -0.3 is 9.64 Å². The molecule has 0 saturated carbocycles. The number of amides is 1. The van der Waals surface area contributed by atoms with Gasteiger partial charge in [-0.15, -0.1) is 0 Å². The first kappa shape index (κ1) is 14.8. The van der Waals surface area contributed by atoms with Crippen molar-refractivity contribution in [1.82, 2.24) is 4.90 Å². The van der Waals surface area contributed by atoms with E-state index in [-0.39, 0.29) is 12.0 Å². The standard InChI is InChI=1S/C17H23NO2/c1-14(2)16(9-6-11-18-12-10-17(18)19)20-13-15-7-4-3-5-8-15/h3-5,7-8,16H,1,6,9-13H2,2H3. The van der Waals surface area contributed by atoms with Gasteiger partial charge >= 0.3 is 0 Å². The van der Waals surface area contributed by atoms with Gasteiger partial charge in [0.2, 0.25) is 5.91 Å². The van der Waals surface area contributed by atoms with Gasteiger partial charge in [-0.25, -0.2) is 0 Å². The molecule has 0 N–H and O–H groups in total. The average molecular weight is 273 g/mol. The number of benzene rings is 1. The first-order valence-corrected chi connectivity index (χ1v) is 7.25. The summed E-state index contributed by atoms with van der Waals surface area (Å²) >= 11 is 0. The fourth-order valence-corrected chi connectivity index (χ4v) is 2.31. The maximum Gasteiger partial charge on any atom is 0.224 e. The molecule has 108 valence electrons. The van der Waals surface area contributed by atoms with Gasteiger partial charge in [0, 0.05) is 19.5 Å². The number of nitrogens with zero attached hydrogens (tertiary/aromatic N) is 1. The number of rotatable bonds is 8. The van der Waals surface area contributed by atoms with E-state index in [2.05, 4.69) is 18.7 Å². The third kappa shape index (κ3) is 4.20. The Bertz CT molecular complexity index is 455. The maximum absolute atomic E-state index is 11.2. The Labute approximate surface area is 121 Å². The molecule has 1 unspecified atom stereocenters. The molecule has 0 aromatic heterocycles. The van der Waals surface area contributed by atoms with Gasteiger partial charge in [0.1, 0.15) is 0 Å². The zero-order chi connectivity index (χ0) is 14.4. The molecular weight excluding hydrogens is 250 g/mol. The van der Waals surface area contributed by atoms with Crippen LogP contribution in [0.25, 0.3) is 0 Å². The van der Waals surface area contributed by atoms with Crippen molar-refractivity contribution in [2.45, 2.75) is 38.9 Å². The van der Waals surface area contributed by atoms with Crippen LogP contribution in [0.15, 0.2) is 42.5 Å². The number of hydrogen-bond acceptors (Lipinski definition) is 2. The smallest absolute Gasteiger partial charge is 0.224 e. The lowest BCUT2D eigenvalue weighted by molar-refractivity contribution is -0.139. The third-order valence-electron chi connectivity index (χ3n) is 3.69. The molecule has 0 spiro atoms. The summed E-state index contributed by atoms with van der Waals surface area (Å²) in [7, 11) is 0. The minimum Gasteiger partial charge on any atom is -0.369 e. The topological polar surface area (TPSA) is 29.5 Å². The Morgan fingerprint density at radius 3 is 2.70 bits per heavy atom. The van der Waals surface area contributed by atoms with Gasteiger partial charge in [0.05, 0.1) is 12.7 Å². The third-order valence-corrected chi connectivity index (χ3v) is 3.69. The minimum absolute atomic E-state index is 0.0755. The normalized spacial score (nSPS) is 15.8. The predicted octanol–water partition coefficient (Wildman–Crippen LogP) is 3.16. The van der Waals surface area contributed by atoms with Gasteiger partial charge in [-0.1, -0.05) is 42.5 Å². The molecule has 1 aliphatic rings. The van der Waals surface area contributed by atoms with Crippen molar-refractivity contribution in [2.75, 3.05) is 13.1 Å². The molecule has 1 heterocycles. The van der Waals surface area contributed by atoms with Crippen molar-refractivity contribution < 1.29 is 9.53 Å². The molecule has 1 aromatic rings. The van der Waals surface area contributed by atoms with Crippen LogP contribution in [0.1, 0.15) is 31.7 Å². The van der Waals surface area contributed by atoms with Gasteiger partial charge in [0.25, 0.3) is 0 Å². The molecule has 1 aromatic carbocycles. The Morgan fingerprint density at radius 2 is 2.15 bits per heavy atom. The van der Waals surface area contributed by atoms with E-state index in [9.17, 15) is 4.79 Å². The Kier molecular flexibility index (Phi) is 5.36. The molecule has 1 saturated heterocycles. The Morgan fingerprint density at radius 1 is 1.40 bits per heavy atom. The highest BCUT2D eigenvalue weighted by Crippen LogP contribution is 2.16. The second kappa shape index (κ2) is 7.25. The summed E-state index contributed by atoms with van der Waals surface area (Å²) < 4.78 is 5.95. The van der Waals surface area contributed by atoms with E-state index in [1.165, 1.54) is 5.56 Å². The SMILES string of the molecule is C=C(C)C(CCCN1CCC1=O)OCc1ccccc1. The van der Waals surface area contributed by atoms with Crippen molar-refractivity contribution in [3.8, 4) is 0 Å². The molecule has 3 heteroatoms. The summed E-state index contributed by atoms with van der Waals surface area (Å²) in [4.78, 5) is 13.1. The summed E-state index contributed by atoms with van der Waals surface area (Å²) in [5, 5.41) is 0. The molecule has 0 aliphatic carbocycles. The summed E-state index contributed by atoms with van der Waals surface area (Å²) in [6.45, 7) is 8.39. The van der Waals surface area contributed by atoms with Crippen LogP contribution >= 0.6 is 0 Å². The molecule has 1 fully saturated rings. The summed E-state index contributed by atoms with van der Waals surface area (Å²) in [6.07, 6.45) is 2.69. The van der Waals surface area contributed by atoms with Crippen molar-refractivity contribution in [1.29, 1.82) is 0 Å². The van der Waals surface area contributed by atoms with Crippen LogP contribution in [0.3, 0.4) is 0 Å². The number of β-lactam (4-membered cyclic amide) rings is 1. The number of likely N-dealkylation sites (tertiary alicyclic amines) is 1. The molecule has 2 rings (SSSR count). The van der Waals surface area contributed by atoms with E-state index < -0.39 is 0 Å². The fourth-order valence-electron chi connectivity index (χ4n) is 2.31. The van der Waals surface area contributed by atoms with Crippen LogP contribution in [0, 0.1) is 0 Å². The van der Waals surface area contributed by atoms with E-state index >= 15 is 0 Å². The summed E-state index contributed by atoms with van der Waals surface area (Å²) in [6, 6.07) is 10.2. The van der Waals surface area contributed by atoms with Crippen LogP contribution in [-0.4, -0.2) is 30.0 Å². The van der Waals surface area contributed by atoms with Gasteiger partial charge in [0.15, 0.2) is 0 Å². The zero-order valence-electron chi connectivity index (χ0n) is 12.2. The van der Waals surface area contributed by atoms with Crippen LogP contribution in [0.2, 0.25) is 0 Å². The maximum atomic E-state index is 11.2. The highest BCUT2D eigenvalue weighted by atomic mass is 16.5. The van der Waals surface area contributed by atoms with E-state index in [4.69, 9.17) is 4.74 Å². The molecule has 1 aliphatic heterocycles. The van der Waals surface area contributed by atoms with Crippen LogP contribution in [0.5, 0.6) is 0 Å². The molecule has 3 nitrogen and oxygen atoms in total. The first-order chi connectivity index (χ1) is 9.66. The minimum atomic E-state index is 0.0755. The Balaban J connectivity index is 1.72. The largest absolute Gasteiger partial charge is 0.369 e. The number of ether oxygens (including phenoxy) is 1. The molecule has 1 atom stereocenters. The molecule has 0 radical (unpaired) electrons. The van der Waals surface area contributed by atoms with Crippen molar-refractivity contribution in [2.24, 2.45) is 0 Å². The lowest BCUT2D eigenvalue weighted by Gasteiger charge is -2.31. The summed E-state index contributed by atoms with van der Waals surface area (Å²) in [5.74, 6) is 0.280. The van der Waals surface area contributed by atoms with Gasteiger partial charge in [-0.3, -0.25) is 4.79 Å². The molecule has 1 amide bonds. The summed E-state index contributed by atoms with van der Waals surface area (Å²) in [5.41, 5.74) is 2.23. The second-order valence-corrected chi connectivity index (χ2v) is 5.40. The number of carbonyl (C=O) groups excluding carboxylic acids is 1. The van der Waals surface area contributed by atoms with E-state index in [0.29, 0.717) is 13.0 Å². The van der Waals surface area contributed by atoms with E-state index in [1.54, 1.807) is 0 Å². The van der Waals surface area contributed by atoms with Crippen LogP contribution in [0.4, 0.5) is 0 Å². The lowest BCUT2D eigenvalue weighted by Crippen LogP contribution is -2.43. The predicted molar refractivity (Wildman–Crippen MR) is 80.3 cm³/mol. The van der Waals surface area contributed by atoms with Crippen molar-refractivity contribution in [3.63, 3.8) is 0 Å². The number of hydrogen-bond donors (Lipinski definition) is 0. The van der Waals surface area contributed by atoms with E-state index in [1.807, 2.05) is 30.0 Å². The van der Waals surface area contributed by atoms with E-state index in [0.717, 1.165) is 31.5 Å². The quantitative estimate of drug-likeness (QED) is 0.538. The van der Waals surface area contributed by atoms with Crippen molar-refractivity contribution in [3.05, 3.63) is 48.0 Å². The second-order valence-electron chi connectivity index (χ2n) is 5.40. The van der Waals surface area contributed by atoms with Crippen LogP contribution in [-0.2, 0) is 16.1 Å². The lowest BCUT2D eigenvalue weighted by atomic mass is 10.1. The van der Waals surface area contributed by atoms with Crippen LogP contribution < -0.4 is 0 Å². The number of carbonyl (C=O) groups is 1. The average Bonchev–Trinajstić information content (AvgIpc) is 2.45. The zero-order valence-corrected chi connectivity index (χ0v) is 12.2. The van der Waals surface area contributed by atoms with Gasteiger partial charge in [-0.2, -0.15) is 0 Å². The molecular formula is C17H23NO2. The monoisotopic (exact) mass is 273 g/mol. The Hall–Kier alpha value is -1.61. The van der Waals surface area contributed by atoms with Gasteiger partial charge in [-0.05, 0) is 25.3 Å².